The first-order chi connectivity index (χ1) is 9.29. The van der Waals surface area contributed by atoms with Crippen LogP contribution in [0, 0.1) is 19.8 Å². The van der Waals surface area contributed by atoms with Crippen LogP contribution in [0.3, 0.4) is 0 Å². The van der Waals surface area contributed by atoms with Crippen LogP contribution in [0.1, 0.15) is 35.6 Å². The number of amides is 2. The summed E-state index contributed by atoms with van der Waals surface area (Å²) in [6.07, 6.45) is 0.417. The first-order valence-corrected chi connectivity index (χ1v) is 7.44. The lowest BCUT2D eigenvalue weighted by molar-refractivity contribution is -0.139. The summed E-state index contributed by atoms with van der Waals surface area (Å²) in [5.74, 6) is -0.796. The number of aryl methyl sites for hydroxylation is 2. The fourth-order valence-electron chi connectivity index (χ4n) is 1.81. The van der Waals surface area contributed by atoms with Gasteiger partial charge in [0.2, 0.25) is 0 Å². The lowest BCUT2D eigenvalue weighted by Gasteiger charge is -2.16. The third-order valence-corrected chi connectivity index (χ3v) is 4.10. The van der Waals surface area contributed by atoms with Gasteiger partial charge in [-0.05, 0) is 37.8 Å². The molecule has 112 valence electrons. The van der Waals surface area contributed by atoms with E-state index in [0.29, 0.717) is 13.0 Å². The highest BCUT2D eigenvalue weighted by molar-refractivity contribution is 7.12. The van der Waals surface area contributed by atoms with Crippen LogP contribution in [0.5, 0.6) is 0 Å². The van der Waals surface area contributed by atoms with E-state index < -0.39 is 18.0 Å². The molecule has 0 bridgehead atoms. The van der Waals surface area contributed by atoms with E-state index in [1.165, 1.54) is 10.4 Å². The van der Waals surface area contributed by atoms with Gasteiger partial charge >= 0.3 is 12.0 Å². The van der Waals surface area contributed by atoms with Gasteiger partial charge in [0.05, 0.1) is 6.54 Å². The van der Waals surface area contributed by atoms with Crippen LogP contribution in [0.15, 0.2) is 6.07 Å². The molecule has 0 aliphatic carbocycles. The largest absolute Gasteiger partial charge is 0.480 e. The van der Waals surface area contributed by atoms with Crippen LogP contribution >= 0.6 is 11.3 Å². The highest BCUT2D eigenvalue weighted by Crippen LogP contribution is 2.20. The van der Waals surface area contributed by atoms with E-state index >= 15 is 0 Å². The Hall–Kier alpha value is -1.56. The molecular weight excluding hydrogens is 276 g/mol. The molecule has 0 aliphatic rings. The molecule has 0 saturated heterocycles. The van der Waals surface area contributed by atoms with Crippen LogP contribution in [0.25, 0.3) is 0 Å². The second-order valence-electron chi connectivity index (χ2n) is 5.30. The van der Waals surface area contributed by atoms with Crippen molar-refractivity contribution in [1.82, 2.24) is 10.6 Å². The smallest absolute Gasteiger partial charge is 0.326 e. The van der Waals surface area contributed by atoms with E-state index in [0.717, 1.165) is 4.88 Å². The van der Waals surface area contributed by atoms with Crippen molar-refractivity contribution in [2.75, 3.05) is 0 Å². The van der Waals surface area contributed by atoms with Gasteiger partial charge in [-0.3, -0.25) is 0 Å². The van der Waals surface area contributed by atoms with Gasteiger partial charge in [0.1, 0.15) is 6.04 Å². The number of urea groups is 1. The highest BCUT2D eigenvalue weighted by Gasteiger charge is 2.20. The summed E-state index contributed by atoms with van der Waals surface area (Å²) in [6.45, 7) is 8.32. The van der Waals surface area contributed by atoms with E-state index in [2.05, 4.69) is 10.6 Å². The van der Waals surface area contributed by atoms with Crippen LogP contribution in [-0.2, 0) is 11.3 Å². The van der Waals surface area contributed by atoms with E-state index in [1.54, 1.807) is 11.3 Å². The van der Waals surface area contributed by atoms with E-state index in [4.69, 9.17) is 5.11 Å². The molecule has 2 amide bonds. The summed E-state index contributed by atoms with van der Waals surface area (Å²) >= 11 is 1.63. The molecule has 0 fully saturated rings. The van der Waals surface area contributed by atoms with Crippen LogP contribution < -0.4 is 10.6 Å². The zero-order valence-corrected chi connectivity index (χ0v) is 13.1. The van der Waals surface area contributed by atoms with Crippen LogP contribution in [0.4, 0.5) is 4.79 Å². The monoisotopic (exact) mass is 298 g/mol. The predicted octanol–water partition coefficient (Wildman–Crippen LogP) is 2.66. The topological polar surface area (TPSA) is 78.4 Å². The lowest BCUT2D eigenvalue weighted by atomic mass is 10.0. The van der Waals surface area contributed by atoms with Crippen molar-refractivity contribution in [3.63, 3.8) is 0 Å². The van der Waals surface area contributed by atoms with Gasteiger partial charge in [0, 0.05) is 9.75 Å². The maximum atomic E-state index is 11.7. The van der Waals surface area contributed by atoms with Crippen LogP contribution in [-0.4, -0.2) is 23.1 Å². The van der Waals surface area contributed by atoms with Crippen LogP contribution in [0.2, 0.25) is 0 Å². The number of hydrogen-bond donors (Lipinski definition) is 3. The number of carboxylic acids is 1. The van der Waals surface area contributed by atoms with Gasteiger partial charge in [-0.2, -0.15) is 0 Å². The normalized spacial score (nSPS) is 12.2. The van der Waals surface area contributed by atoms with E-state index in [-0.39, 0.29) is 5.92 Å². The number of rotatable bonds is 6. The molecule has 0 aromatic carbocycles. The van der Waals surface area contributed by atoms with E-state index in [1.807, 2.05) is 33.8 Å². The predicted molar refractivity (Wildman–Crippen MR) is 80.0 cm³/mol. The molecule has 0 spiro atoms. The fraction of sp³-hybridized carbons (Fsp3) is 0.571. The van der Waals surface area contributed by atoms with E-state index in [9.17, 15) is 9.59 Å². The summed E-state index contributed by atoms with van der Waals surface area (Å²) in [5.41, 5.74) is 1.20. The Morgan fingerprint density at radius 2 is 2.00 bits per heavy atom. The summed E-state index contributed by atoms with van der Waals surface area (Å²) < 4.78 is 0. The first-order valence-electron chi connectivity index (χ1n) is 6.62. The van der Waals surface area contributed by atoms with Crippen molar-refractivity contribution in [3.8, 4) is 0 Å². The number of thiophene rings is 1. The Bertz CT molecular complexity index is 463. The highest BCUT2D eigenvalue weighted by atomic mass is 32.1. The lowest BCUT2D eigenvalue weighted by Crippen LogP contribution is -2.46. The summed E-state index contributed by atoms with van der Waals surface area (Å²) in [5, 5.41) is 14.2. The van der Waals surface area contributed by atoms with Gasteiger partial charge in [-0.1, -0.05) is 13.8 Å². The Labute approximate surface area is 123 Å². The van der Waals surface area contributed by atoms with Crippen molar-refractivity contribution < 1.29 is 14.7 Å². The van der Waals surface area contributed by atoms with Crippen molar-refractivity contribution in [1.29, 1.82) is 0 Å². The average Bonchev–Trinajstić information content (AvgIpc) is 2.65. The molecule has 5 nitrogen and oxygen atoms in total. The maximum absolute atomic E-state index is 11.7. The molecule has 0 saturated carbocycles. The Kier molecular flexibility index (Phi) is 6.01. The third kappa shape index (κ3) is 5.21. The van der Waals surface area contributed by atoms with Crippen molar-refractivity contribution >= 4 is 23.3 Å². The SMILES string of the molecule is Cc1cc(CNC(=O)N[C@H](CC(C)C)C(=O)O)sc1C. The minimum atomic E-state index is -1.00. The molecule has 1 aromatic rings. The maximum Gasteiger partial charge on any atom is 0.326 e. The minimum absolute atomic E-state index is 0.207. The molecule has 1 atom stereocenters. The number of carboxylic acid groups (broad SMARTS) is 1. The van der Waals surface area contributed by atoms with Crippen molar-refractivity contribution in [3.05, 3.63) is 21.4 Å². The number of hydrogen-bond acceptors (Lipinski definition) is 3. The van der Waals surface area contributed by atoms with Crippen molar-refractivity contribution in [2.45, 2.75) is 46.7 Å². The zero-order chi connectivity index (χ0) is 15.3. The quantitative estimate of drug-likeness (QED) is 0.755. The standard InChI is InChI=1S/C14H22N2O3S/c1-8(2)5-12(13(17)18)16-14(19)15-7-11-6-9(3)10(4)20-11/h6,8,12H,5,7H2,1-4H3,(H,17,18)(H2,15,16,19)/t12-/m1/s1. The molecule has 1 heterocycles. The molecule has 0 aliphatic heterocycles. The average molecular weight is 298 g/mol. The minimum Gasteiger partial charge on any atom is -0.480 e. The fourth-order valence-corrected chi connectivity index (χ4v) is 2.80. The number of carbonyl (C=O) groups excluding carboxylic acids is 1. The number of carbonyl (C=O) groups is 2. The Morgan fingerprint density at radius 1 is 1.35 bits per heavy atom. The van der Waals surface area contributed by atoms with Gasteiger partial charge in [-0.15, -0.1) is 11.3 Å². The number of nitrogens with one attached hydrogen (secondary N) is 2. The first kappa shape index (κ1) is 16.5. The second kappa shape index (κ2) is 7.28. The third-order valence-electron chi connectivity index (χ3n) is 2.95. The van der Waals surface area contributed by atoms with Gasteiger partial charge in [0.15, 0.2) is 0 Å². The Balaban J connectivity index is 2.47. The van der Waals surface area contributed by atoms with Gasteiger partial charge in [-0.25, -0.2) is 9.59 Å². The molecule has 20 heavy (non-hydrogen) atoms. The van der Waals surface area contributed by atoms with Gasteiger partial charge in [0.25, 0.3) is 0 Å². The summed E-state index contributed by atoms with van der Waals surface area (Å²) in [4.78, 5) is 25.1. The molecule has 1 aromatic heterocycles. The molecule has 6 heteroatoms. The molecule has 3 N–H and O–H groups in total. The van der Waals surface area contributed by atoms with Gasteiger partial charge < -0.3 is 15.7 Å². The molecule has 0 unspecified atom stereocenters. The zero-order valence-electron chi connectivity index (χ0n) is 12.3. The summed E-state index contributed by atoms with van der Waals surface area (Å²) in [6, 6.07) is 0.742. The number of aliphatic carboxylic acids is 1. The molecule has 1 rings (SSSR count). The van der Waals surface area contributed by atoms with Crippen molar-refractivity contribution in [2.24, 2.45) is 5.92 Å². The molecular formula is C14H22N2O3S. The summed E-state index contributed by atoms with van der Waals surface area (Å²) in [7, 11) is 0. The molecule has 0 radical (unpaired) electrons. The second-order valence-corrected chi connectivity index (χ2v) is 6.64. The Morgan fingerprint density at radius 3 is 2.45 bits per heavy atom.